The van der Waals surface area contributed by atoms with E-state index in [4.69, 9.17) is 4.74 Å². The Kier molecular flexibility index (Phi) is 3.55. The van der Waals surface area contributed by atoms with E-state index in [0.29, 0.717) is 19.6 Å². The number of rotatable bonds is 3. The molecule has 0 spiro atoms. The molecule has 0 aromatic carbocycles. The van der Waals surface area contributed by atoms with E-state index in [1.165, 1.54) is 5.57 Å². The Morgan fingerprint density at radius 2 is 2.19 bits per heavy atom. The predicted molar refractivity (Wildman–Crippen MR) is 91.7 cm³/mol. The van der Waals surface area contributed by atoms with Crippen LogP contribution in [0.2, 0.25) is 0 Å². The lowest BCUT2D eigenvalue weighted by Gasteiger charge is -2.59. The van der Waals surface area contributed by atoms with Gasteiger partial charge in [0.05, 0.1) is 24.7 Å². The lowest BCUT2D eigenvalue weighted by atomic mass is 9.52. The first-order valence-corrected chi connectivity index (χ1v) is 9.44. The molecule has 27 heavy (non-hydrogen) atoms. The van der Waals surface area contributed by atoms with Gasteiger partial charge in [-0.15, -0.1) is 0 Å². The molecule has 0 radical (unpaired) electrons. The zero-order valence-electron chi connectivity index (χ0n) is 14.8. The lowest BCUT2D eigenvalue weighted by Crippen LogP contribution is -2.70. The van der Waals surface area contributed by atoms with Crippen LogP contribution in [0.25, 0.3) is 0 Å². The minimum atomic E-state index is -1.27. The molecule has 0 aromatic heterocycles. The van der Waals surface area contributed by atoms with Crippen molar-refractivity contribution in [3.63, 3.8) is 0 Å². The molecule has 2 bridgehead atoms. The van der Waals surface area contributed by atoms with Crippen LogP contribution in [0.3, 0.4) is 0 Å². The number of aliphatic carboxylic acids is 2. The van der Waals surface area contributed by atoms with E-state index in [2.05, 4.69) is 16.3 Å². The molecular formula is C19H22N2O6. The minimum absolute atomic E-state index is 0.0236. The van der Waals surface area contributed by atoms with E-state index in [1.807, 2.05) is 0 Å². The number of piperidine rings is 2. The van der Waals surface area contributed by atoms with Gasteiger partial charge in [-0.05, 0) is 25.3 Å². The Morgan fingerprint density at radius 3 is 2.93 bits per heavy atom. The number of ether oxygens (including phenoxy) is 1. The van der Waals surface area contributed by atoms with Crippen LogP contribution in [-0.4, -0.2) is 70.8 Å². The summed E-state index contributed by atoms with van der Waals surface area (Å²) in [4.78, 5) is 38.3. The molecule has 4 fully saturated rings. The van der Waals surface area contributed by atoms with E-state index in [9.17, 15) is 24.6 Å². The minimum Gasteiger partial charge on any atom is -0.478 e. The van der Waals surface area contributed by atoms with Crippen LogP contribution in [0.5, 0.6) is 0 Å². The van der Waals surface area contributed by atoms with Crippen LogP contribution in [0, 0.1) is 17.3 Å². The summed E-state index contributed by atoms with van der Waals surface area (Å²) >= 11 is 0. The SMILES string of the molecule is O=C(O)C=C(C(=O)O)[C@@]12CCN3CC4=CCO[C@H]5CC(=O)N[C@@H]1[C@H]5[C@H]4C[C@@H]32. The maximum absolute atomic E-state index is 12.5. The first kappa shape index (κ1) is 16.9. The fourth-order valence-corrected chi connectivity index (χ4v) is 6.53. The molecule has 0 unspecified atom stereocenters. The first-order valence-electron chi connectivity index (χ1n) is 9.44. The molecule has 1 saturated carbocycles. The van der Waals surface area contributed by atoms with Gasteiger partial charge in [0.15, 0.2) is 0 Å². The van der Waals surface area contributed by atoms with Gasteiger partial charge < -0.3 is 20.3 Å². The third kappa shape index (κ3) is 2.20. The average molecular weight is 374 g/mol. The number of fused-ring (bicyclic) bond motifs is 1. The molecule has 1 amide bonds. The average Bonchev–Trinajstić information content (AvgIpc) is 2.90. The molecule has 5 aliphatic rings. The summed E-state index contributed by atoms with van der Waals surface area (Å²) in [6.45, 7) is 1.93. The molecule has 4 aliphatic heterocycles. The van der Waals surface area contributed by atoms with Gasteiger partial charge in [-0.2, -0.15) is 0 Å². The summed E-state index contributed by atoms with van der Waals surface area (Å²) in [5, 5.41) is 22.3. The van der Waals surface area contributed by atoms with Gasteiger partial charge in [-0.1, -0.05) is 11.6 Å². The van der Waals surface area contributed by atoms with Crippen LogP contribution in [-0.2, 0) is 19.1 Å². The number of nitrogens with one attached hydrogen (secondary N) is 1. The second-order valence-electron chi connectivity index (χ2n) is 8.30. The van der Waals surface area contributed by atoms with Crippen molar-refractivity contribution in [3.05, 3.63) is 23.3 Å². The lowest BCUT2D eigenvalue weighted by molar-refractivity contribution is -0.147. The number of hydrogen-bond donors (Lipinski definition) is 3. The fourth-order valence-electron chi connectivity index (χ4n) is 6.53. The van der Waals surface area contributed by atoms with Crippen molar-refractivity contribution < 1.29 is 29.3 Å². The van der Waals surface area contributed by atoms with Crippen LogP contribution in [0.4, 0.5) is 0 Å². The number of carbonyl (C=O) groups is 3. The smallest absolute Gasteiger partial charge is 0.332 e. The van der Waals surface area contributed by atoms with Gasteiger partial charge in [-0.3, -0.25) is 9.69 Å². The molecule has 8 heteroatoms. The Balaban J connectivity index is 1.72. The van der Waals surface area contributed by atoms with E-state index < -0.39 is 23.4 Å². The molecule has 0 aromatic rings. The number of carboxylic acid groups (broad SMARTS) is 2. The zero-order valence-corrected chi connectivity index (χ0v) is 14.8. The second kappa shape index (κ2) is 5.65. The number of carboxylic acids is 2. The maximum Gasteiger partial charge on any atom is 0.332 e. The quantitative estimate of drug-likeness (QED) is 0.470. The van der Waals surface area contributed by atoms with Crippen molar-refractivity contribution in [2.24, 2.45) is 17.3 Å². The molecule has 8 nitrogen and oxygen atoms in total. The molecule has 1 aliphatic carbocycles. The highest BCUT2D eigenvalue weighted by atomic mass is 16.5. The fraction of sp³-hybridized carbons (Fsp3) is 0.632. The monoisotopic (exact) mass is 374 g/mol. The van der Waals surface area contributed by atoms with E-state index >= 15 is 0 Å². The van der Waals surface area contributed by atoms with Crippen molar-refractivity contribution in [2.75, 3.05) is 19.7 Å². The highest BCUT2D eigenvalue weighted by molar-refractivity contribution is 5.96. The maximum atomic E-state index is 12.5. The summed E-state index contributed by atoms with van der Waals surface area (Å²) in [6, 6.07) is -0.513. The standard InChI is InChI=1S/C19H22N2O6/c22-14-7-12-16-10-5-13-19(17(16)20-14,11(18(25)26)6-15(23)24)2-3-21(13)8-9(10)1-4-27-12/h1,6,10,12-13,16-17H,2-5,7-8H2,(H,20,22)(H,23,24)(H,25,26)/t10-,12-,13+,16-,17+,19+/m0/s1. The summed E-state index contributed by atoms with van der Waals surface area (Å²) in [5.74, 6) is -2.41. The Bertz CT molecular complexity index is 804. The Morgan fingerprint density at radius 1 is 1.37 bits per heavy atom. The van der Waals surface area contributed by atoms with E-state index in [-0.39, 0.29) is 41.9 Å². The molecule has 144 valence electrons. The van der Waals surface area contributed by atoms with Crippen molar-refractivity contribution in [3.8, 4) is 0 Å². The van der Waals surface area contributed by atoms with Crippen LogP contribution < -0.4 is 5.32 Å². The highest BCUT2D eigenvalue weighted by Crippen LogP contribution is 2.60. The van der Waals surface area contributed by atoms with Gasteiger partial charge in [0.2, 0.25) is 5.91 Å². The Hall–Kier alpha value is -2.19. The summed E-state index contributed by atoms with van der Waals surface area (Å²) in [6.07, 6.45) is 4.29. The van der Waals surface area contributed by atoms with Gasteiger partial charge in [0.25, 0.3) is 0 Å². The van der Waals surface area contributed by atoms with Crippen LogP contribution >= 0.6 is 0 Å². The van der Waals surface area contributed by atoms with Gasteiger partial charge >= 0.3 is 11.9 Å². The Labute approximate surface area is 155 Å². The largest absolute Gasteiger partial charge is 0.478 e. The number of carbonyl (C=O) groups excluding carboxylic acids is 1. The number of amides is 1. The first-order chi connectivity index (χ1) is 12.9. The topological polar surface area (TPSA) is 116 Å². The molecule has 5 rings (SSSR count). The zero-order chi connectivity index (χ0) is 18.9. The highest BCUT2D eigenvalue weighted by Gasteiger charge is 2.67. The summed E-state index contributed by atoms with van der Waals surface area (Å²) in [7, 11) is 0. The molecule has 6 atom stereocenters. The van der Waals surface area contributed by atoms with Crippen molar-refractivity contribution >= 4 is 17.8 Å². The van der Waals surface area contributed by atoms with Crippen molar-refractivity contribution in [1.29, 1.82) is 0 Å². The molecule has 4 heterocycles. The van der Waals surface area contributed by atoms with E-state index in [0.717, 1.165) is 19.0 Å². The summed E-state index contributed by atoms with van der Waals surface area (Å²) in [5.41, 5.74) is 0.317. The van der Waals surface area contributed by atoms with Gasteiger partial charge in [-0.25, -0.2) is 9.59 Å². The third-order valence-corrected chi connectivity index (χ3v) is 7.38. The number of nitrogens with zero attached hydrogens (tertiary/aromatic N) is 1. The van der Waals surface area contributed by atoms with E-state index in [1.54, 1.807) is 0 Å². The number of hydrogen-bond acceptors (Lipinski definition) is 5. The normalized spacial score (nSPS) is 42.8. The third-order valence-electron chi connectivity index (χ3n) is 7.38. The molecule has 3 saturated heterocycles. The van der Waals surface area contributed by atoms with Gasteiger partial charge in [0.1, 0.15) is 0 Å². The van der Waals surface area contributed by atoms with Crippen LogP contribution in [0.1, 0.15) is 19.3 Å². The van der Waals surface area contributed by atoms with Crippen molar-refractivity contribution in [2.45, 2.75) is 37.5 Å². The second-order valence-corrected chi connectivity index (χ2v) is 8.30. The van der Waals surface area contributed by atoms with Gasteiger partial charge in [0, 0.05) is 36.0 Å². The predicted octanol–water partition coefficient (Wildman–Crippen LogP) is 0.00610. The molecule has 3 N–H and O–H groups in total. The summed E-state index contributed by atoms with van der Waals surface area (Å²) < 4.78 is 6.00. The van der Waals surface area contributed by atoms with Crippen molar-refractivity contribution in [1.82, 2.24) is 10.2 Å². The molecular weight excluding hydrogens is 352 g/mol. The van der Waals surface area contributed by atoms with Crippen LogP contribution in [0.15, 0.2) is 23.3 Å².